The van der Waals surface area contributed by atoms with Crippen molar-refractivity contribution in [2.24, 2.45) is 0 Å². The van der Waals surface area contributed by atoms with Gasteiger partial charge in [-0.2, -0.15) is 0 Å². The summed E-state index contributed by atoms with van der Waals surface area (Å²) in [6.45, 7) is 0. The Morgan fingerprint density at radius 3 is 2.24 bits per heavy atom. The maximum atomic E-state index is 13.3. The number of sulfonamides is 1. The highest BCUT2D eigenvalue weighted by Gasteiger charge is 2.25. The third-order valence-corrected chi connectivity index (χ3v) is 6.65. The van der Waals surface area contributed by atoms with E-state index in [1.807, 2.05) is 0 Å². The summed E-state index contributed by atoms with van der Waals surface area (Å²) < 4.78 is 67.7. The van der Waals surface area contributed by atoms with Crippen molar-refractivity contribution in [1.82, 2.24) is 4.72 Å². The minimum absolute atomic E-state index is 0.0660. The van der Waals surface area contributed by atoms with E-state index in [-0.39, 0.29) is 27.2 Å². The van der Waals surface area contributed by atoms with Crippen LogP contribution in [0.2, 0.25) is 5.02 Å². The van der Waals surface area contributed by atoms with Gasteiger partial charge in [-0.3, -0.25) is 4.79 Å². The van der Waals surface area contributed by atoms with E-state index in [0.717, 1.165) is 38.2 Å². The highest BCUT2D eigenvalue weighted by molar-refractivity contribution is 7.89. The number of rotatable bonds is 5. The van der Waals surface area contributed by atoms with Crippen molar-refractivity contribution in [2.45, 2.75) is 43.0 Å². The summed E-state index contributed by atoms with van der Waals surface area (Å²) in [7, 11) is -3.97. The predicted molar refractivity (Wildman–Crippen MR) is 103 cm³/mol. The number of hydrogen-bond donors (Lipinski definition) is 2. The molecule has 1 saturated carbocycles. The highest BCUT2D eigenvalue weighted by Crippen LogP contribution is 2.26. The largest absolute Gasteiger partial charge is 0.322 e. The van der Waals surface area contributed by atoms with Gasteiger partial charge in [0.2, 0.25) is 10.0 Å². The summed E-state index contributed by atoms with van der Waals surface area (Å²) in [6, 6.07) is 4.64. The molecule has 2 N–H and O–H groups in total. The monoisotopic (exact) mass is 446 g/mol. The maximum Gasteiger partial charge on any atom is 0.255 e. The first-order valence-corrected chi connectivity index (χ1v) is 10.8. The van der Waals surface area contributed by atoms with Crippen molar-refractivity contribution in [3.05, 3.63) is 58.4 Å². The standard InChI is InChI=1S/C19H18ClF3N2O3S/c20-14-7-6-11(19(26)24-13-9-15(21)18(23)16(22)10-13)8-17(14)29(27,28)25-12-4-2-1-3-5-12/h6-10,12,25H,1-5H2,(H,24,26). The highest BCUT2D eigenvalue weighted by atomic mass is 35.5. The molecule has 10 heteroatoms. The van der Waals surface area contributed by atoms with Gasteiger partial charge in [-0.25, -0.2) is 26.3 Å². The van der Waals surface area contributed by atoms with Crippen LogP contribution in [0.15, 0.2) is 35.2 Å². The number of nitrogens with one attached hydrogen (secondary N) is 2. The minimum Gasteiger partial charge on any atom is -0.322 e. The van der Waals surface area contributed by atoms with E-state index in [1.54, 1.807) is 0 Å². The van der Waals surface area contributed by atoms with Gasteiger partial charge < -0.3 is 5.32 Å². The zero-order chi connectivity index (χ0) is 21.2. The van der Waals surface area contributed by atoms with Gasteiger partial charge >= 0.3 is 0 Å². The van der Waals surface area contributed by atoms with Crippen LogP contribution in [0.25, 0.3) is 0 Å². The van der Waals surface area contributed by atoms with Crippen LogP contribution in [0.5, 0.6) is 0 Å². The van der Waals surface area contributed by atoms with Crippen molar-refractivity contribution >= 4 is 33.2 Å². The van der Waals surface area contributed by atoms with Crippen molar-refractivity contribution in [3.63, 3.8) is 0 Å². The van der Waals surface area contributed by atoms with Gasteiger partial charge in [-0.15, -0.1) is 0 Å². The smallest absolute Gasteiger partial charge is 0.255 e. The Hall–Kier alpha value is -2.10. The van der Waals surface area contributed by atoms with Crippen LogP contribution in [0.3, 0.4) is 0 Å². The topological polar surface area (TPSA) is 75.3 Å². The van der Waals surface area contributed by atoms with E-state index < -0.39 is 33.4 Å². The molecule has 2 aromatic carbocycles. The molecule has 1 amide bonds. The second-order valence-corrected chi connectivity index (χ2v) is 8.90. The lowest BCUT2D eigenvalue weighted by Crippen LogP contribution is -2.36. The number of carbonyl (C=O) groups is 1. The second kappa shape index (κ2) is 8.73. The summed E-state index contributed by atoms with van der Waals surface area (Å²) >= 11 is 6.03. The molecule has 0 unspecified atom stereocenters. The lowest BCUT2D eigenvalue weighted by Gasteiger charge is -2.23. The van der Waals surface area contributed by atoms with Gasteiger partial charge in [-0.1, -0.05) is 30.9 Å². The van der Waals surface area contributed by atoms with Gasteiger partial charge in [0.25, 0.3) is 5.91 Å². The fourth-order valence-corrected chi connectivity index (χ4v) is 5.02. The van der Waals surface area contributed by atoms with Crippen LogP contribution in [-0.4, -0.2) is 20.4 Å². The molecule has 3 rings (SSSR count). The predicted octanol–water partition coefficient (Wildman–Crippen LogP) is 4.62. The van der Waals surface area contributed by atoms with E-state index in [9.17, 15) is 26.4 Å². The molecule has 0 atom stereocenters. The number of hydrogen-bond acceptors (Lipinski definition) is 3. The van der Waals surface area contributed by atoms with E-state index >= 15 is 0 Å². The number of amides is 1. The molecule has 5 nitrogen and oxygen atoms in total. The Kier molecular flexibility index (Phi) is 6.50. The molecule has 0 heterocycles. The summed E-state index contributed by atoms with van der Waals surface area (Å²) in [5.74, 6) is -5.41. The number of halogens is 4. The summed E-state index contributed by atoms with van der Waals surface area (Å²) in [6.07, 6.45) is 4.35. The van der Waals surface area contributed by atoms with Crippen molar-refractivity contribution in [3.8, 4) is 0 Å². The average molecular weight is 447 g/mol. The molecule has 2 aromatic rings. The third kappa shape index (κ3) is 5.09. The molecular weight excluding hydrogens is 429 g/mol. The minimum atomic E-state index is -3.97. The molecule has 1 aliphatic carbocycles. The summed E-state index contributed by atoms with van der Waals surface area (Å²) in [5, 5.41) is 2.14. The number of benzene rings is 2. The van der Waals surface area contributed by atoms with Gasteiger partial charge in [0.15, 0.2) is 17.5 Å². The van der Waals surface area contributed by atoms with Gasteiger partial charge in [0, 0.05) is 29.4 Å². The fourth-order valence-electron chi connectivity index (χ4n) is 3.18. The normalized spacial score (nSPS) is 15.3. The second-order valence-electron chi connectivity index (χ2n) is 6.81. The SMILES string of the molecule is O=C(Nc1cc(F)c(F)c(F)c1)c1ccc(Cl)c(S(=O)(=O)NC2CCCCC2)c1. The average Bonchev–Trinajstić information content (AvgIpc) is 2.66. The Morgan fingerprint density at radius 1 is 1.00 bits per heavy atom. The first-order valence-electron chi connectivity index (χ1n) is 8.95. The van der Waals surface area contributed by atoms with E-state index in [1.165, 1.54) is 12.1 Å². The van der Waals surface area contributed by atoms with Gasteiger partial charge in [0.05, 0.1) is 5.02 Å². The third-order valence-electron chi connectivity index (χ3n) is 4.65. The molecule has 1 aliphatic rings. The van der Waals surface area contributed by atoms with Crippen LogP contribution in [0, 0.1) is 17.5 Å². The van der Waals surface area contributed by atoms with Crippen molar-refractivity contribution < 1.29 is 26.4 Å². The molecule has 0 saturated heterocycles. The molecule has 0 spiro atoms. The molecular formula is C19H18ClF3N2O3S. The van der Waals surface area contributed by atoms with Gasteiger partial charge in [0.1, 0.15) is 4.90 Å². The van der Waals surface area contributed by atoms with E-state index in [4.69, 9.17) is 11.6 Å². The van der Waals surface area contributed by atoms with Crippen LogP contribution >= 0.6 is 11.6 Å². The lowest BCUT2D eigenvalue weighted by atomic mass is 9.96. The van der Waals surface area contributed by atoms with Crippen LogP contribution < -0.4 is 10.0 Å². The number of anilines is 1. The quantitative estimate of drug-likeness (QED) is 0.658. The molecule has 0 aromatic heterocycles. The Bertz CT molecular complexity index is 1020. The molecule has 0 bridgehead atoms. The van der Waals surface area contributed by atoms with Crippen molar-refractivity contribution in [1.29, 1.82) is 0 Å². The Morgan fingerprint density at radius 2 is 1.62 bits per heavy atom. The van der Waals surface area contributed by atoms with Crippen LogP contribution in [-0.2, 0) is 10.0 Å². The zero-order valence-corrected chi connectivity index (χ0v) is 16.7. The first-order chi connectivity index (χ1) is 13.7. The van der Waals surface area contributed by atoms with Crippen LogP contribution in [0.1, 0.15) is 42.5 Å². The van der Waals surface area contributed by atoms with Crippen molar-refractivity contribution in [2.75, 3.05) is 5.32 Å². The molecule has 1 fully saturated rings. The van der Waals surface area contributed by atoms with Crippen LogP contribution in [0.4, 0.5) is 18.9 Å². The molecule has 0 radical (unpaired) electrons. The molecule has 156 valence electrons. The zero-order valence-electron chi connectivity index (χ0n) is 15.1. The fraction of sp³-hybridized carbons (Fsp3) is 0.316. The van der Waals surface area contributed by atoms with E-state index in [0.29, 0.717) is 12.1 Å². The van der Waals surface area contributed by atoms with E-state index in [2.05, 4.69) is 10.0 Å². The maximum absolute atomic E-state index is 13.3. The molecule has 0 aliphatic heterocycles. The first kappa shape index (κ1) is 21.6. The summed E-state index contributed by atoms with van der Waals surface area (Å²) in [5.41, 5.74) is -0.408. The Labute approximate surface area is 171 Å². The van der Waals surface area contributed by atoms with Gasteiger partial charge in [-0.05, 0) is 31.0 Å². The number of carbonyl (C=O) groups excluding carboxylic acids is 1. The molecule has 29 heavy (non-hydrogen) atoms. The Balaban J connectivity index is 1.83. The lowest BCUT2D eigenvalue weighted by molar-refractivity contribution is 0.102. The summed E-state index contributed by atoms with van der Waals surface area (Å²) in [4.78, 5) is 12.1.